The molecule has 2 aromatic rings. The van der Waals surface area contributed by atoms with Gasteiger partial charge in [0.15, 0.2) is 0 Å². The molecule has 100 valence electrons. The number of nitrogens with one attached hydrogen (secondary N) is 1. The molecule has 3 nitrogen and oxygen atoms in total. The van der Waals surface area contributed by atoms with E-state index in [0.717, 1.165) is 25.3 Å². The first-order valence-electron chi connectivity index (χ1n) is 7.09. The van der Waals surface area contributed by atoms with Crippen LogP contribution >= 0.6 is 0 Å². The van der Waals surface area contributed by atoms with Crippen molar-refractivity contribution in [2.75, 3.05) is 7.05 Å². The summed E-state index contributed by atoms with van der Waals surface area (Å²) in [6, 6.07) is 8.69. The second-order valence-corrected chi connectivity index (χ2v) is 5.33. The highest BCUT2D eigenvalue weighted by Gasteiger charge is 2.20. The number of rotatable bonds is 3. The maximum absolute atomic E-state index is 4.88. The van der Waals surface area contributed by atoms with Crippen molar-refractivity contribution in [3.05, 3.63) is 41.2 Å². The Morgan fingerprint density at radius 3 is 2.74 bits per heavy atom. The van der Waals surface area contributed by atoms with Crippen LogP contribution < -0.4 is 5.32 Å². The average Bonchev–Trinajstić information content (AvgIpc) is 2.80. The fourth-order valence-electron chi connectivity index (χ4n) is 2.85. The van der Waals surface area contributed by atoms with E-state index in [1.54, 1.807) is 0 Å². The molecule has 3 rings (SSSR count). The molecule has 0 aliphatic carbocycles. The standard InChI is InChI=1S/C16H21N3/c1-12-6-8-13(9-7-12)16-18-14(11-17-2)15-5-3-4-10-19(15)16/h6-9,17H,3-5,10-11H2,1-2H3. The van der Waals surface area contributed by atoms with Crippen LogP contribution in [-0.2, 0) is 19.5 Å². The number of aromatic nitrogens is 2. The molecule has 0 saturated carbocycles. The third-order valence-electron chi connectivity index (χ3n) is 3.85. The van der Waals surface area contributed by atoms with E-state index in [9.17, 15) is 0 Å². The Balaban J connectivity index is 2.07. The van der Waals surface area contributed by atoms with E-state index in [4.69, 9.17) is 4.98 Å². The maximum atomic E-state index is 4.88. The number of hydrogen-bond acceptors (Lipinski definition) is 2. The summed E-state index contributed by atoms with van der Waals surface area (Å²) in [6.45, 7) is 4.09. The third kappa shape index (κ3) is 2.30. The van der Waals surface area contributed by atoms with Gasteiger partial charge in [-0.15, -0.1) is 0 Å². The first-order valence-corrected chi connectivity index (χ1v) is 7.09. The van der Waals surface area contributed by atoms with Crippen LogP contribution in [0.3, 0.4) is 0 Å². The zero-order chi connectivity index (χ0) is 13.2. The number of fused-ring (bicyclic) bond motifs is 1. The molecular formula is C16H21N3. The quantitative estimate of drug-likeness (QED) is 0.914. The maximum Gasteiger partial charge on any atom is 0.140 e. The van der Waals surface area contributed by atoms with Crippen molar-refractivity contribution in [1.82, 2.24) is 14.9 Å². The minimum atomic E-state index is 0.862. The molecule has 0 atom stereocenters. The van der Waals surface area contributed by atoms with E-state index < -0.39 is 0 Å². The molecule has 0 fully saturated rings. The molecule has 0 bridgehead atoms. The number of nitrogens with zero attached hydrogens (tertiary/aromatic N) is 2. The predicted molar refractivity (Wildman–Crippen MR) is 78.1 cm³/mol. The largest absolute Gasteiger partial charge is 0.328 e. The van der Waals surface area contributed by atoms with Crippen LogP contribution in [-0.4, -0.2) is 16.6 Å². The van der Waals surface area contributed by atoms with Gasteiger partial charge in [0.1, 0.15) is 5.82 Å². The van der Waals surface area contributed by atoms with Crippen molar-refractivity contribution >= 4 is 0 Å². The molecular weight excluding hydrogens is 234 g/mol. The van der Waals surface area contributed by atoms with Gasteiger partial charge in [-0.1, -0.05) is 29.8 Å². The first kappa shape index (κ1) is 12.4. The molecule has 1 aromatic carbocycles. The SMILES string of the molecule is CNCc1nc(-c2ccc(C)cc2)n2c1CCCC2. The molecule has 3 heteroatoms. The molecule has 2 heterocycles. The minimum Gasteiger partial charge on any atom is -0.328 e. The minimum absolute atomic E-state index is 0.862. The third-order valence-corrected chi connectivity index (χ3v) is 3.85. The Bertz CT molecular complexity index is 566. The number of benzene rings is 1. The highest BCUT2D eigenvalue weighted by atomic mass is 15.1. The van der Waals surface area contributed by atoms with E-state index in [2.05, 4.69) is 41.1 Å². The number of imidazole rings is 1. The van der Waals surface area contributed by atoms with Crippen molar-refractivity contribution < 1.29 is 0 Å². The highest BCUT2D eigenvalue weighted by Crippen LogP contribution is 2.27. The van der Waals surface area contributed by atoms with Gasteiger partial charge in [0.05, 0.1) is 5.69 Å². The zero-order valence-electron chi connectivity index (χ0n) is 11.7. The lowest BCUT2D eigenvalue weighted by Gasteiger charge is -2.17. The van der Waals surface area contributed by atoms with Gasteiger partial charge in [-0.25, -0.2) is 4.98 Å². The second kappa shape index (κ2) is 5.17. The summed E-state index contributed by atoms with van der Waals surface area (Å²) in [7, 11) is 1.99. The van der Waals surface area contributed by atoms with Gasteiger partial charge >= 0.3 is 0 Å². The van der Waals surface area contributed by atoms with Crippen LogP contribution in [0.15, 0.2) is 24.3 Å². The van der Waals surface area contributed by atoms with Gasteiger partial charge in [0.25, 0.3) is 0 Å². The van der Waals surface area contributed by atoms with Crippen molar-refractivity contribution in [3.8, 4) is 11.4 Å². The second-order valence-electron chi connectivity index (χ2n) is 5.33. The molecule has 0 unspecified atom stereocenters. The lowest BCUT2D eigenvalue weighted by Crippen LogP contribution is -2.14. The molecule has 0 radical (unpaired) electrons. The smallest absolute Gasteiger partial charge is 0.140 e. The van der Waals surface area contributed by atoms with Gasteiger partial charge in [0.2, 0.25) is 0 Å². The van der Waals surface area contributed by atoms with Gasteiger partial charge in [-0.05, 0) is 33.2 Å². The van der Waals surface area contributed by atoms with Crippen molar-refractivity contribution in [1.29, 1.82) is 0 Å². The van der Waals surface area contributed by atoms with Gasteiger partial charge in [-0.3, -0.25) is 0 Å². The zero-order valence-corrected chi connectivity index (χ0v) is 11.7. The summed E-state index contributed by atoms with van der Waals surface area (Å²) in [6.07, 6.45) is 3.72. The van der Waals surface area contributed by atoms with Gasteiger partial charge < -0.3 is 9.88 Å². The summed E-state index contributed by atoms with van der Waals surface area (Å²) < 4.78 is 2.42. The van der Waals surface area contributed by atoms with Crippen LogP contribution in [0.5, 0.6) is 0 Å². The fraction of sp³-hybridized carbons (Fsp3) is 0.438. The molecule has 0 amide bonds. The Kier molecular flexibility index (Phi) is 3.38. The molecule has 0 spiro atoms. The van der Waals surface area contributed by atoms with E-state index >= 15 is 0 Å². The summed E-state index contributed by atoms with van der Waals surface area (Å²) in [5.74, 6) is 1.14. The van der Waals surface area contributed by atoms with Crippen molar-refractivity contribution in [2.45, 2.75) is 39.3 Å². The number of aryl methyl sites for hydroxylation is 1. The molecule has 1 N–H and O–H groups in total. The summed E-state index contributed by atoms with van der Waals surface area (Å²) >= 11 is 0. The van der Waals surface area contributed by atoms with E-state index in [0.29, 0.717) is 0 Å². The first-order chi connectivity index (χ1) is 9.29. The number of hydrogen-bond donors (Lipinski definition) is 1. The average molecular weight is 255 g/mol. The molecule has 1 aromatic heterocycles. The van der Waals surface area contributed by atoms with E-state index in [1.807, 2.05) is 7.05 Å². The van der Waals surface area contributed by atoms with Crippen LogP contribution in [0, 0.1) is 6.92 Å². The van der Waals surface area contributed by atoms with Crippen LogP contribution in [0.2, 0.25) is 0 Å². The lowest BCUT2D eigenvalue weighted by molar-refractivity contribution is 0.531. The van der Waals surface area contributed by atoms with E-state index in [1.165, 1.54) is 35.4 Å². The highest BCUT2D eigenvalue weighted by molar-refractivity contribution is 5.57. The Hall–Kier alpha value is -1.61. The van der Waals surface area contributed by atoms with Crippen LogP contribution in [0.4, 0.5) is 0 Å². The van der Waals surface area contributed by atoms with Crippen molar-refractivity contribution in [3.63, 3.8) is 0 Å². The Labute approximate surface area is 114 Å². The Morgan fingerprint density at radius 1 is 1.21 bits per heavy atom. The van der Waals surface area contributed by atoms with Crippen LogP contribution in [0.1, 0.15) is 29.8 Å². The lowest BCUT2D eigenvalue weighted by atomic mass is 10.1. The summed E-state index contributed by atoms with van der Waals surface area (Å²) in [5.41, 5.74) is 5.18. The van der Waals surface area contributed by atoms with E-state index in [-0.39, 0.29) is 0 Å². The fourth-order valence-corrected chi connectivity index (χ4v) is 2.85. The topological polar surface area (TPSA) is 29.9 Å². The van der Waals surface area contributed by atoms with Gasteiger partial charge in [-0.2, -0.15) is 0 Å². The van der Waals surface area contributed by atoms with Gasteiger partial charge in [0, 0.05) is 24.3 Å². The summed E-state index contributed by atoms with van der Waals surface area (Å²) in [5, 5.41) is 3.23. The summed E-state index contributed by atoms with van der Waals surface area (Å²) in [4.78, 5) is 4.88. The molecule has 19 heavy (non-hydrogen) atoms. The predicted octanol–water partition coefficient (Wildman–Crippen LogP) is 2.91. The Morgan fingerprint density at radius 2 is 2.00 bits per heavy atom. The molecule has 1 aliphatic heterocycles. The van der Waals surface area contributed by atoms with Crippen molar-refractivity contribution in [2.24, 2.45) is 0 Å². The molecule has 1 aliphatic rings. The normalized spacial score (nSPS) is 14.4. The molecule has 0 saturated heterocycles. The van der Waals surface area contributed by atoms with Crippen LogP contribution in [0.25, 0.3) is 11.4 Å². The monoisotopic (exact) mass is 255 g/mol.